The maximum absolute atomic E-state index is 6.21. The monoisotopic (exact) mass is 456 g/mol. The zero-order valence-electron chi connectivity index (χ0n) is 18.1. The molecular formula is C25H24N6OS. The van der Waals surface area contributed by atoms with Gasteiger partial charge in [0, 0.05) is 34.2 Å². The number of benzene rings is 2. The summed E-state index contributed by atoms with van der Waals surface area (Å²) in [5, 5.41) is 11.1. The van der Waals surface area contributed by atoms with Crippen LogP contribution in [0.2, 0.25) is 0 Å². The van der Waals surface area contributed by atoms with E-state index in [0.29, 0.717) is 12.6 Å². The first-order valence-electron chi connectivity index (χ1n) is 11.2. The second-order valence-electron chi connectivity index (χ2n) is 8.30. The van der Waals surface area contributed by atoms with Gasteiger partial charge in [0.05, 0.1) is 28.7 Å². The zero-order chi connectivity index (χ0) is 22.0. The van der Waals surface area contributed by atoms with Crippen molar-refractivity contribution in [2.24, 2.45) is 0 Å². The van der Waals surface area contributed by atoms with E-state index >= 15 is 0 Å². The summed E-state index contributed by atoms with van der Waals surface area (Å²) in [4.78, 5) is 13.4. The molecule has 0 amide bonds. The predicted octanol–water partition coefficient (Wildman–Crippen LogP) is 4.96. The first kappa shape index (κ1) is 20.1. The van der Waals surface area contributed by atoms with E-state index in [0.717, 1.165) is 58.7 Å². The normalized spacial score (nSPS) is 15.9. The van der Waals surface area contributed by atoms with Gasteiger partial charge in [-0.1, -0.05) is 6.07 Å². The number of ether oxygens (including phenoxy) is 1. The summed E-state index contributed by atoms with van der Waals surface area (Å²) >= 11 is 1.62. The van der Waals surface area contributed by atoms with Crippen molar-refractivity contribution in [2.45, 2.75) is 25.4 Å². The lowest BCUT2D eigenvalue weighted by Gasteiger charge is -2.15. The minimum absolute atomic E-state index is 0.400. The molecule has 7 nitrogen and oxygen atoms in total. The lowest BCUT2D eigenvalue weighted by atomic mass is 10.2. The van der Waals surface area contributed by atoms with Crippen molar-refractivity contribution >= 4 is 44.6 Å². The summed E-state index contributed by atoms with van der Waals surface area (Å²) in [5.41, 5.74) is 5.96. The maximum Gasteiger partial charge on any atom is 0.145 e. The Hall–Kier alpha value is -3.49. The van der Waals surface area contributed by atoms with Crippen LogP contribution in [0.3, 0.4) is 0 Å². The topological polar surface area (TPSA) is 76.9 Å². The van der Waals surface area contributed by atoms with Crippen LogP contribution in [0.4, 0.5) is 11.5 Å². The molecule has 3 aromatic heterocycles. The number of fused-ring (bicyclic) bond motifs is 2. The van der Waals surface area contributed by atoms with E-state index in [2.05, 4.69) is 66.0 Å². The van der Waals surface area contributed by atoms with E-state index in [1.165, 1.54) is 11.9 Å². The van der Waals surface area contributed by atoms with Crippen molar-refractivity contribution in [3.63, 3.8) is 0 Å². The largest absolute Gasteiger partial charge is 0.491 e. The minimum atomic E-state index is 0.400. The highest BCUT2D eigenvalue weighted by Crippen LogP contribution is 2.32. The standard InChI is InChI=1S/C25H24N6OS/c1-4-21-24(23(5-1)32-13-19-3-2-9-26-19)25(28-15-27-21)30-18-6-7-22-17(11-18)8-10-31(22)12-20-14-33-16-29-20/h1,4-8,10-11,14-16,19,26H,2-3,9,12-13H2,(H,27,28,30)/t19-/m1/s1. The van der Waals surface area contributed by atoms with Crippen LogP contribution in [0.15, 0.2) is 65.9 Å². The van der Waals surface area contributed by atoms with Crippen LogP contribution in [0.25, 0.3) is 21.8 Å². The molecule has 0 saturated carbocycles. The Morgan fingerprint density at radius 1 is 1.15 bits per heavy atom. The van der Waals surface area contributed by atoms with E-state index in [-0.39, 0.29) is 0 Å². The van der Waals surface area contributed by atoms with Gasteiger partial charge in [-0.25, -0.2) is 15.0 Å². The Kier molecular flexibility index (Phi) is 5.37. The van der Waals surface area contributed by atoms with Crippen LogP contribution >= 0.6 is 11.3 Å². The Morgan fingerprint density at radius 2 is 2.15 bits per heavy atom. The van der Waals surface area contributed by atoms with Gasteiger partial charge in [-0.05, 0) is 55.8 Å². The van der Waals surface area contributed by atoms with Gasteiger partial charge in [-0.15, -0.1) is 11.3 Å². The third-order valence-corrected chi connectivity index (χ3v) is 6.71. The molecule has 6 rings (SSSR count). The molecular weight excluding hydrogens is 432 g/mol. The highest BCUT2D eigenvalue weighted by atomic mass is 32.1. The van der Waals surface area contributed by atoms with E-state index in [1.54, 1.807) is 17.7 Å². The molecule has 5 aromatic rings. The number of thiazole rings is 1. The molecule has 1 aliphatic heterocycles. The van der Waals surface area contributed by atoms with E-state index in [9.17, 15) is 0 Å². The average molecular weight is 457 g/mol. The molecule has 1 atom stereocenters. The predicted molar refractivity (Wildman–Crippen MR) is 132 cm³/mol. The molecule has 0 aliphatic carbocycles. The maximum atomic E-state index is 6.21. The summed E-state index contributed by atoms with van der Waals surface area (Å²) < 4.78 is 8.43. The smallest absolute Gasteiger partial charge is 0.145 e. The third kappa shape index (κ3) is 4.15. The van der Waals surface area contributed by atoms with Gasteiger partial charge < -0.3 is 19.9 Å². The van der Waals surface area contributed by atoms with Crippen molar-refractivity contribution in [3.8, 4) is 5.75 Å². The Morgan fingerprint density at radius 3 is 3.03 bits per heavy atom. The fourth-order valence-electron chi connectivity index (χ4n) is 4.43. The molecule has 0 radical (unpaired) electrons. The fourth-order valence-corrected chi connectivity index (χ4v) is 4.98. The first-order chi connectivity index (χ1) is 16.3. The molecule has 0 unspecified atom stereocenters. The van der Waals surface area contributed by atoms with Crippen LogP contribution in [0, 0.1) is 0 Å². The summed E-state index contributed by atoms with van der Waals surface area (Å²) in [5.74, 6) is 1.55. The number of anilines is 2. The minimum Gasteiger partial charge on any atom is -0.491 e. The molecule has 33 heavy (non-hydrogen) atoms. The molecule has 4 heterocycles. The average Bonchev–Trinajstić information content (AvgIpc) is 3.61. The molecule has 1 aliphatic rings. The molecule has 2 aromatic carbocycles. The number of hydrogen-bond acceptors (Lipinski definition) is 7. The zero-order valence-corrected chi connectivity index (χ0v) is 18.9. The van der Waals surface area contributed by atoms with Gasteiger partial charge in [0.2, 0.25) is 0 Å². The fraction of sp³-hybridized carbons (Fsp3) is 0.240. The van der Waals surface area contributed by atoms with Crippen LogP contribution in [-0.4, -0.2) is 38.7 Å². The highest BCUT2D eigenvalue weighted by Gasteiger charge is 2.17. The van der Waals surface area contributed by atoms with Crippen molar-refractivity contribution in [1.29, 1.82) is 0 Å². The van der Waals surface area contributed by atoms with Crippen LogP contribution in [0.1, 0.15) is 18.5 Å². The van der Waals surface area contributed by atoms with Gasteiger partial charge >= 0.3 is 0 Å². The van der Waals surface area contributed by atoms with Crippen LogP contribution in [0.5, 0.6) is 5.75 Å². The molecule has 1 saturated heterocycles. The van der Waals surface area contributed by atoms with E-state index < -0.39 is 0 Å². The molecule has 0 spiro atoms. The molecule has 0 bridgehead atoms. The highest BCUT2D eigenvalue weighted by molar-refractivity contribution is 7.07. The second-order valence-corrected chi connectivity index (χ2v) is 9.02. The van der Waals surface area contributed by atoms with E-state index in [4.69, 9.17) is 4.74 Å². The number of aromatic nitrogens is 4. The Balaban J connectivity index is 1.28. The van der Waals surface area contributed by atoms with E-state index in [1.807, 2.05) is 23.7 Å². The van der Waals surface area contributed by atoms with Gasteiger partial charge in [-0.2, -0.15) is 0 Å². The first-order valence-corrected chi connectivity index (χ1v) is 12.1. The Bertz CT molecular complexity index is 1390. The summed E-state index contributed by atoms with van der Waals surface area (Å²) in [7, 11) is 0. The molecule has 8 heteroatoms. The number of nitrogens with one attached hydrogen (secondary N) is 2. The van der Waals surface area contributed by atoms with Gasteiger partial charge in [0.25, 0.3) is 0 Å². The molecule has 1 fully saturated rings. The lowest BCUT2D eigenvalue weighted by Crippen LogP contribution is -2.28. The number of hydrogen-bond donors (Lipinski definition) is 2. The number of nitrogens with zero attached hydrogens (tertiary/aromatic N) is 4. The molecule has 2 N–H and O–H groups in total. The van der Waals surface area contributed by atoms with Gasteiger partial charge in [0.1, 0.15) is 24.5 Å². The van der Waals surface area contributed by atoms with Crippen molar-refractivity contribution < 1.29 is 4.74 Å². The molecule has 166 valence electrons. The lowest BCUT2D eigenvalue weighted by molar-refractivity contribution is 0.280. The SMILES string of the molecule is c1cc(OC[C@H]2CCCN2)c2c(Nc3ccc4c(ccn4Cc4cscn4)c3)ncnc2c1. The van der Waals surface area contributed by atoms with Gasteiger partial charge in [0.15, 0.2) is 0 Å². The second kappa shape index (κ2) is 8.80. The van der Waals surface area contributed by atoms with Gasteiger partial charge in [-0.3, -0.25) is 0 Å². The number of rotatable bonds is 7. The summed E-state index contributed by atoms with van der Waals surface area (Å²) in [6.45, 7) is 2.48. The van der Waals surface area contributed by atoms with Crippen LogP contribution in [-0.2, 0) is 6.54 Å². The summed E-state index contributed by atoms with van der Waals surface area (Å²) in [6.07, 6.45) is 6.05. The van der Waals surface area contributed by atoms with Crippen LogP contribution < -0.4 is 15.4 Å². The van der Waals surface area contributed by atoms with Crippen molar-refractivity contribution in [1.82, 2.24) is 24.8 Å². The quantitative estimate of drug-likeness (QED) is 0.360. The van der Waals surface area contributed by atoms with Crippen molar-refractivity contribution in [2.75, 3.05) is 18.5 Å². The van der Waals surface area contributed by atoms with Crippen molar-refractivity contribution in [3.05, 3.63) is 71.6 Å². The summed E-state index contributed by atoms with van der Waals surface area (Å²) in [6, 6.07) is 14.9. The Labute approximate surface area is 195 Å². The third-order valence-electron chi connectivity index (χ3n) is 6.08.